The minimum Gasteiger partial charge on any atom is -0.493 e. The highest BCUT2D eigenvalue weighted by Gasteiger charge is 2.16. The highest BCUT2D eigenvalue weighted by Crippen LogP contribution is 2.38. The van der Waals surface area contributed by atoms with E-state index in [-0.39, 0.29) is 0 Å². The number of aromatic nitrogens is 4. The quantitative estimate of drug-likeness (QED) is 0.514. The standard InChI is InChI=1S/C21H20N4O3/c1-26-16-11-14(12-17(27-2)20(16)28-3)13-18-23-21-19(15-7-5-4-6-8-15)22-9-10-25(21)24-18/h4-12H,13H2,1-3H3. The van der Waals surface area contributed by atoms with E-state index in [1.165, 1.54) is 0 Å². The molecule has 0 aliphatic carbocycles. The second-order valence-electron chi connectivity index (χ2n) is 6.15. The first kappa shape index (κ1) is 17.8. The lowest BCUT2D eigenvalue weighted by Gasteiger charge is -2.13. The monoisotopic (exact) mass is 376 g/mol. The van der Waals surface area contributed by atoms with Crippen LogP contribution in [0.1, 0.15) is 11.4 Å². The fourth-order valence-corrected chi connectivity index (χ4v) is 3.16. The fourth-order valence-electron chi connectivity index (χ4n) is 3.16. The third kappa shape index (κ3) is 3.22. The van der Waals surface area contributed by atoms with Crippen molar-refractivity contribution >= 4 is 5.65 Å². The molecular formula is C21H20N4O3. The third-order valence-corrected chi connectivity index (χ3v) is 4.43. The number of hydrogen-bond acceptors (Lipinski definition) is 6. The SMILES string of the molecule is COc1cc(Cc2nc3c(-c4ccccc4)nccn3n2)cc(OC)c1OC. The molecule has 2 heterocycles. The van der Waals surface area contributed by atoms with Crippen LogP contribution in [0.4, 0.5) is 0 Å². The summed E-state index contributed by atoms with van der Waals surface area (Å²) in [5, 5.41) is 4.60. The first-order valence-corrected chi connectivity index (χ1v) is 8.78. The summed E-state index contributed by atoms with van der Waals surface area (Å²) in [6, 6.07) is 13.8. The summed E-state index contributed by atoms with van der Waals surface area (Å²) >= 11 is 0. The van der Waals surface area contributed by atoms with Gasteiger partial charge in [-0.2, -0.15) is 5.10 Å². The fraction of sp³-hybridized carbons (Fsp3) is 0.190. The van der Waals surface area contributed by atoms with Crippen molar-refractivity contribution < 1.29 is 14.2 Å². The second-order valence-corrected chi connectivity index (χ2v) is 6.15. The van der Waals surface area contributed by atoms with Crippen molar-refractivity contribution in [2.75, 3.05) is 21.3 Å². The third-order valence-electron chi connectivity index (χ3n) is 4.43. The zero-order chi connectivity index (χ0) is 19.5. The Morgan fingerprint density at radius 2 is 1.64 bits per heavy atom. The van der Waals surface area contributed by atoms with E-state index in [0.29, 0.717) is 29.5 Å². The molecule has 0 radical (unpaired) electrons. The molecule has 0 spiro atoms. The van der Waals surface area contributed by atoms with Gasteiger partial charge in [0.2, 0.25) is 5.75 Å². The van der Waals surface area contributed by atoms with Gasteiger partial charge in [-0.1, -0.05) is 30.3 Å². The van der Waals surface area contributed by atoms with Gasteiger partial charge in [-0.3, -0.25) is 4.98 Å². The van der Waals surface area contributed by atoms with Crippen LogP contribution in [0.5, 0.6) is 17.2 Å². The number of fused-ring (bicyclic) bond motifs is 1. The lowest BCUT2D eigenvalue weighted by atomic mass is 10.1. The Morgan fingerprint density at radius 3 is 2.29 bits per heavy atom. The van der Waals surface area contributed by atoms with Crippen molar-refractivity contribution in [2.45, 2.75) is 6.42 Å². The highest BCUT2D eigenvalue weighted by atomic mass is 16.5. The Kier molecular flexibility index (Phi) is 4.80. The molecule has 0 aliphatic heterocycles. The highest BCUT2D eigenvalue weighted by molar-refractivity contribution is 5.73. The topological polar surface area (TPSA) is 70.8 Å². The van der Waals surface area contributed by atoms with Crippen molar-refractivity contribution in [3.05, 3.63) is 66.2 Å². The van der Waals surface area contributed by atoms with Gasteiger partial charge in [-0.25, -0.2) is 9.50 Å². The van der Waals surface area contributed by atoms with Crippen LogP contribution in [0.15, 0.2) is 54.9 Å². The van der Waals surface area contributed by atoms with Gasteiger partial charge in [0.25, 0.3) is 0 Å². The predicted molar refractivity (Wildman–Crippen MR) is 105 cm³/mol. The normalized spacial score (nSPS) is 10.8. The van der Waals surface area contributed by atoms with E-state index in [0.717, 1.165) is 22.5 Å². The van der Waals surface area contributed by atoms with Crippen LogP contribution in [-0.4, -0.2) is 40.9 Å². The molecule has 0 amide bonds. The van der Waals surface area contributed by atoms with Crippen molar-refractivity contribution in [3.8, 4) is 28.5 Å². The number of ether oxygens (including phenoxy) is 3. The number of benzene rings is 2. The maximum Gasteiger partial charge on any atom is 0.203 e. The van der Waals surface area contributed by atoms with Crippen LogP contribution in [-0.2, 0) is 6.42 Å². The maximum atomic E-state index is 5.43. The van der Waals surface area contributed by atoms with Crippen LogP contribution < -0.4 is 14.2 Å². The van der Waals surface area contributed by atoms with Gasteiger partial charge >= 0.3 is 0 Å². The molecule has 2 aromatic heterocycles. The van der Waals surface area contributed by atoms with E-state index in [2.05, 4.69) is 10.1 Å². The molecule has 4 aromatic rings. The van der Waals surface area contributed by atoms with Gasteiger partial charge in [0, 0.05) is 24.4 Å². The molecule has 0 saturated heterocycles. The van der Waals surface area contributed by atoms with Crippen molar-refractivity contribution in [2.24, 2.45) is 0 Å². The average Bonchev–Trinajstić information content (AvgIpc) is 3.15. The number of rotatable bonds is 6. The Bertz CT molecular complexity index is 1080. The Hall–Kier alpha value is -3.61. The van der Waals surface area contributed by atoms with Crippen molar-refractivity contribution in [1.82, 2.24) is 19.6 Å². The van der Waals surface area contributed by atoms with E-state index in [1.54, 1.807) is 38.2 Å². The first-order chi connectivity index (χ1) is 13.7. The average molecular weight is 376 g/mol. The molecule has 0 bridgehead atoms. The van der Waals surface area contributed by atoms with Crippen molar-refractivity contribution in [3.63, 3.8) is 0 Å². The van der Waals surface area contributed by atoms with Gasteiger partial charge in [-0.15, -0.1) is 0 Å². The molecule has 7 heteroatoms. The smallest absolute Gasteiger partial charge is 0.203 e. The summed E-state index contributed by atoms with van der Waals surface area (Å²) in [4.78, 5) is 9.21. The van der Waals surface area contributed by atoms with Gasteiger partial charge in [0.1, 0.15) is 5.69 Å². The molecule has 4 rings (SSSR count). The van der Waals surface area contributed by atoms with E-state index < -0.39 is 0 Å². The molecule has 0 aliphatic rings. The molecule has 0 fully saturated rings. The summed E-state index contributed by atoms with van der Waals surface area (Å²) < 4.78 is 18.0. The van der Waals surface area contributed by atoms with E-state index in [4.69, 9.17) is 19.2 Å². The van der Waals surface area contributed by atoms with Crippen LogP contribution in [0.2, 0.25) is 0 Å². The van der Waals surface area contributed by atoms with E-state index in [1.807, 2.05) is 42.5 Å². The van der Waals surface area contributed by atoms with Gasteiger partial charge in [0.05, 0.1) is 21.3 Å². The molecule has 142 valence electrons. The Balaban J connectivity index is 1.73. The van der Waals surface area contributed by atoms with Gasteiger partial charge in [0.15, 0.2) is 23.0 Å². The second kappa shape index (κ2) is 7.56. The molecule has 0 N–H and O–H groups in total. The largest absolute Gasteiger partial charge is 0.493 e. The molecule has 28 heavy (non-hydrogen) atoms. The van der Waals surface area contributed by atoms with Crippen LogP contribution in [0.25, 0.3) is 16.9 Å². The summed E-state index contributed by atoms with van der Waals surface area (Å²) in [5.74, 6) is 2.45. The number of methoxy groups -OCH3 is 3. The summed E-state index contributed by atoms with van der Waals surface area (Å²) in [6.07, 6.45) is 4.05. The molecular weight excluding hydrogens is 356 g/mol. The Labute approximate surface area is 162 Å². The zero-order valence-electron chi connectivity index (χ0n) is 15.9. The minimum absolute atomic E-state index is 0.520. The van der Waals surface area contributed by atoms with E-state index in [9.17, 15) is 0 Å². The maximum absolute atomic E-state index is 5.43. The van der Waals surface area contributed by atoms with E-state index >= 15 is 0 Å². The first-order valence-electron chi connectivity index (χ1n) is 8.78. The predicted octanol–water partition coefficient (Wildman–Crippen LogP) is 3.41. The summed E-state index contributed by atoms with van der Waals surface area (Å²) in [7, 11) is 4.78. The van der Waals surface area contributed by atoms with Crippen molar-refractivity contribution in [1.29, 1.82) is 0 Å². The van der Waals surface area contributed by atoms with Gasteiger partial charge < -0.3 is 14.2 Å². The molecule has 0 atom stereocenters. The minimum atomic E-state index is 0.520. The lowest BCUT2D eigenvalue weighted by Crippen LogP contribution is -1.98. The molecule has 7 nitrogen and oxygen atoms in total. The van der Waals surface area contributed by atoms with Crippen LogP contribution in [0, 0.1) is 0 Å². The van der Waals surface area contributed by atoms with Gasteiger partial charge in [-0.05, 0) is 17.7 Å². The zero-order valence-corrected chi connectivity index (χ0v) is 15.9. The lowest BCUT2D eigenvalue weighted by molar-refractivity contribution is 0.324. The number of nitrogens with zero attached hydrogens (tertiary/aromatic N) is 4. The Morgan fingerprint density at radius 1 is 0.929 bits per heavy atom. The molecule has 2 aromatic carbocycles. The molecule has 0 saturated carbocycles. The molecule has 0 unspecified atom stereocenters. The summed E-state index contributed by atoms with van der Waals surface area (Å²) in [5.41, 5.74) is 3.47. The van der Waals surface area contributed by atoms with Crippen LogP contribution >= 0.6 is 0 Å². The summed E-state index contributed by atoms with van der Waals surface area (Å²) in [6.45, 7) is 0. The van der Waals surface area contributed by atoms with Crippen LogP contribution in [0.3, 0.4) is 0 Å². The number of hydrogen-bond donors (Lipinski definition) is 0.